The quantitative estimate of drug-likeness (QED) is 0.457. The van der Waals surface area contributed by atoms with E-state index in [0.717, 1.165) is 24.7 Å². The summed E-state index contributed by atoms with van der Waals surface area (Å²) < 4.78 is 0. The van der Waals surface area contributed by atoms with Gasteiger partial charge in [-0.25, -0.2) is 0 Å². The maximum Gasteiger partial charge on any atom is 0.303 e. The van der Waals surface area contributed by atoms with E-state index < -0.39 is 5.97 Å². The molecule has 0 aromatic rings. The normalized spacial score (nSPS) is 15.8. The molecule has 0 radical (unpaired) electrons. The highest BCUT2D eigenvalue weighted by Gasteiger charge is 2.10. The van der Waals surface area contributed by atoms with Crippen molar-refractivity contribution in [3.8, 4) is 0 Å². The fraction of sp³-hybridized carbons (Fsp3) is 0.944. The third-order valence-corrected chi connectivity index (χ3v) is 4.34. The van der Waals surface area contributed by atoms with Gasteiger partial charge in [-0.05, 0) is 30.6 Å². The molecule has 3 atom stereocenters. The molecule has 0 fully saturated rings. The van der Waals surface area contributed by atoms with Crippen LogP contribution in [-0.4, -0.2) is 11.1 Å². The third-order valence-electron chi connectivity index (χ3n) is 4.34. The van der Waals surface area contributed by atoms with Gasteiger partial charge in [0.15, 0.2) is 0 Å². The van der Waals surface area contributed by atoms with Crippen LogP contribution in [0.3, 0.4) is 0 Å². The number of unbranched alkanes of at least 4 members (excludes halogenated alkanes) is 1. The Labute approximate surface area is 126 Å². The number of hydrogen-bond acceptors (Lipinski definition) is 1. The predicted octanol–water partition coefficient (Wildman–Crippen LogP) is 5.90. The summed E-state index contributed by atoms with van der Waals surface area (Å²) in [6.07, 6.45) is 11.5. The molecular formula is C18H36O2. The smallest absolute Gasteiger partial charge is 0.303 e. The van der Waals surface area contributed by atoms with Gasteiger partial charge in [0.1, 0.15) is 0 Å². The first-order valence-electron chi connectivity index (χ1n) is 8.67. The first-order valence-corrected chi connectivity index (χ1v) is 8.67. The van der Waals surface area contributed by atoms with Crippen LogP contribution in [0.2, 0.25) is 0 Å². The zero-order valence-corrected chi connectivity index (χ0v) is 14.2. The van der Waals surface area contributed by atoms with E-state index in [0.29, 0.717) is 12.3 Å². The molecule has 0 saturated carbocycles. The largest absolute Gasteiger partial charge is 0.481 e. The predicted molar refractivity (Wildman–Crippen MR) is 87.0 cm³/mol. The van der Waals surface area contributed by atoms with E-state index >= 15 is 0 Å². The molecule has 0 bridgehead atoms. The van der Waals surface area contributed by atoms with E-state index in [4.69, 9.17) is 5.11 Å². The van der Waals surface area contributed by atoms with E-state index in [1.807, 2.05) is 0 Å². The number of carboxylic acid groups (broad SMARTS) is 1. The Kier molecular flexibility index (Phi) is 11.9. The Morgan fingerprint density at radius 3 is 1.90 bits per heavy atom. The highest BCUT2D eigenvalue weighted by Crippen LogP contribution is 2.23. The van der Waals surface area contributed by atoms with Crippen LogP contribution >= 0.6 is 0 Å². The van der Waals surface area contributed by atoms with Crippen LogP contribution in [-0.2, 0) is 4.79 Å². The van der Waals surface area contributed by atoms with Crippen molar-refractivity contribution >= 4 is 5.97 Å². The van der Waals surface area contributed by atoms with Gasteiger partial charge in [-0.2, -0.15) is 0 Å². The average molecular weight is 284 g/mol. The molecule has 0 spiro atoms. The van der Waals surface area contributed by atoms with Crippen molar-refractivity contribution in [3.63, 3.8) is 0 Å². The Morgan fingerprint density at radius 1 is 0.850 bits per heavy atom. The number of carbonyl (C=O) groups is 1. The van der Waals surface area contributed by atoms with Crippen LogP contribution in [0.5, 0.6) is 0 Å². The molecule has 0 aliphatic carbocycles. The lowest BCUT2D eigenvalue weighted by Crippen LogP contribution is -2.05. The van der Waals surface area contributed by atoms with Gasteiger partial charge >= 0.3 is 5.97 Å². The molecule has 0 aromatic carbocycles. The van der Waals surface area contributed by atoms with Gasteiger partial charge in [0.25, 0.3) is 0 Å². The van der Waals surface area contributed by atoms with Gasteiger partial charge in [0.2, 0.25) is 0 Å². The molecule has 0 unspecified atom stereocenters. The molecule has 20 heavy (non-hydrogen) atoms. The van der Waals surface area contributed by atoms with Crippen molar-refractivity contribution in [1.29, 1.82) is 0 Å². The topological polar surface area (TPSA) is 37.3 Å². The van der Waals surface area contributed by atoms with Crippen LogP contribution in [0.4, 0.5) is 0 Å². The lowest BCUT2D eigenvalue weighted by molar-refractivity contribution is -0.137. The van der Waals surface area contributed by atoms with Gasteiger partial charge in [-0.1, -0.05) is 72.6 Å². The molecule has 0 rings (SSSR count). The molecule has 0 heterocycles. The molecule has 0 aliphatic rings. The lowest BCUT2D eigenvalue weighted by Gasteiger charge is -2.18. The van der Waals surface area contributed by atoms with E-state index in [1.54, 1.807) is 0 Å². The molecule has 1 N–H and O–H groups in total. The van der Waals surface area contributed by atoms with Crippen LogP contribution in [0.25, 0.3) is 0 Å². The van der Waals surface area contributed by atoms with Gasteiger partial charge in [-0.3, -0.25) is 4.79 Å². The average Bonchev–Trinajstić information content (AvgIpc) is 2.35. The van der Waals surface area contributed by atoms with E-state index in [1.165, 1.54) is 44.9 Å². The van der Waals surface area contributed by atoms with E-state index in [-0.39, 0.29) is 0 Å². The molecule has 0 amide bonds. The Balaban J connectivity index is 3.54. The van der Waals surface area contributed by atoms with Crippen LogP contribution in [0, 0.1) is 17.8 Å². The Bertz CT molecular complexity index is 238. The summed E-state index contributed by atoms with van der Waals surface area (Å²) in [5.41, 5.74) is 0. The Morgan fingerprint density at radius 2 is 1.35 bits per heavy atom. The maximum atomic E-state index is 10.5. The first kappa shape index (κ1) is 19.5. The summed E-state index contributed by atoms with van der Waals surface area (Å²) in [7, 11) is 0. The van der Waals surface area contributed by atoms with Gasteiger partial charge in [0, 0.05) is 6.42 Å². The van der Waals surface area contributed by atoms with Crippen molar-refractivity contribution in [2.24, 2.45) is 17.8 Å². The molecule has 0 aliphatic heterocycles. The maximum absolute atomic E-state index is 10.5. The summed E-state index contributed by atoms with van der Waals surface area (Å²) in [5.74, 6) is 1.73. The minimum atomic E-state index is -0.660. The van der Waals surface area contributed by atoms with Gasteiger partial charge < -0.3 is 5.11 Å². The summed E-state index contributed by atoms with van der Waals surface area (Å²) in [6.45, 7) is 9.30. The van der Waals surface area contributed by atoms with Crippen molar-refractivity contribution < 1.29 is 9.90 Å². The third kappa shape index (κ3) is 12.5. The zero-order chi connectivity index (χ0) is 15.4. The first-order chi connectivity index (χ1) is 9.45. The van der Waals surface area contributed by atoms with Gasteiger partial charge in [-0.15, -0.1) is 0 Å². The highest BCUT2D eigenvalue weighted by atomic mass is 16.4. The SMILES string of the molecule is CCCC[C@H](C)C[C@H](C)CCC[C@@H](C)CCCC(=O)O. The minimum absolute atomic E-state index is 0.329. The molecule has 2 nitrogen and oxygen atoms in total. The molecular weight excluding hydrogens is 248 g/mol. The lowest BCUT2D eigenvalue weighted by atomic mass is 9.88. The summed E-state index contributed by atoms with van der Waals surface area (Å²) in [4.78, 5) is 10.5. The molecule has 0 saturated heterocycles. The van der Waals surface area contributed by atoms with Crippen LogP contribution in [0.15, 0.2) is 0 Å². The van der Waals surface area contributed by atoms with Crippen LogP contribution < -0.4 is 0 Å². The summed E-state index contributed by atoms with van der Waals surface area (Å²) >= 11 is 0. The molecule has 120 valence electrons. The number of carboxylic acids is 1. The monoisotopic (exact) mass is 284 g/mol. The summed E-state index contributed by atoms with van der Waals surface area (Å²) in [5, 5.41) is 8.62. The second kappa shape index (κ2) is 12.2. The second-order valence-corrected chi connectivity index (χ2v) is 6.91. The number of aliphatic carboxylic acids is 1. The fourth-order valence-corrected chi connectivity index (χ4v) is 3.04. The van der Waals surface area contributed by atoms with E-state index in [9.17, 15) is 4.79 Å². The second-order valence-electron chi connectivity index (χ2n) is 6.91. The number of hydrogen-bond donors (Lipinski definition) is 1. The van der Waals surface area contributed by atoms with Gasteiger partial charge in [0.05, 0.1) is 0 Å². The minimum Gasteiger partial charge on any atom is -0.481 e. The van der Waals surface area contributed by atoms with E-state index in [2.05, 4.69) is 27.7 Å². The van der Waals surface area contributed by atoms with Crippen molar-refractivity contribution in [2.75, 3.05) is 0 Å². The standard InChI is InChI=1S/C18H36O2/c1-5-6-9-16(3)14-17(4)12-7-10-15(2)11-8-13-18(19)20/h15-17H,5-14H2,1-4H3,(H,19,20)/t15-,16+,17-/m1/s1. The van der Waals surface area contributed by atoms with Crippen molar-refractivity contribution in [3.05, 3.63) is 0 Å². The number of rotatable bonds is 13. The summed E-state index contributed by atoms with van der Waals surface area (Å²) in [6, 6.07) is 0. The molecule has 2 heteroatoms. The van der Waals surface area contributed by atoms with Crippen molar-refractivity contribution in [2.45, 2.75) is 91.9 Å². The van der Waals surface area contributed by atoms with Crippen molar-refractivity contribution in [1.82, 2.24) is 0 Å². The van der Waals surface area contributed by atoms with Crippen LogP contribution in [0.1, 0.15) is 91.9 Å². The Hall–Kier alpha value is -0.530. The molecule has 0 aromatic heterocycles. The highest BCUT2D eigenvalue weighted by molar-refractivity contribution is 5.66. The zero-order valence-electron chi connectivity index (χ0n) is 14.2. The fourth-order valence-electron chi connectivity index (χ4n) is 3.04.